The van der Waals surface area contributed by atoms with Gasteiger partial charge in [-0.25, -0.2) is 0 Å². The number of aliphatic hydroxyl groups is 1. The fraction of sp³-hybridized carbons (Fsp3) is 0.432. The normalized spacial score (nSPS) is 25.3. The molecule has 10 heteroatoms. The van der Waals surface area contributed by atoms with E-state index >= 15 is 0 Å². The predicted octanol–water partition coefficient (Wildman–Crippen LogP) is 4.43. The zero-order valence-electron chi connectivity index (χ0n) is 27.4. The summed E-state index contributed by atoms with van der Waals surface area (Å²) in [7, 11) is 2.01. The molecule has 2 bridgehead atoms. The van der Waals surface area contributed by atoms with Crippen LogP contribution in [0, 0.1) is 26.7 Å². The number of benzene rings is 3. The van der Waals surface area contributed by atoms with Crippen molar-refractivity contribution in [3.05, 3.63) is 81.0 Å². The lowest BCUT2D eigenvalue weighted by molar-refractivity contribution is -0.172. The highest BCUT2D eigenvalue weighted by Crippen LogP contribution is 2.57. The van der Waals surface area contributed by atoms with Crippen LogP contribution >= 0.6 is 0 Å². The number of fused-ring (bicyclic) bond motifs is 10. The van der Waals surface area contributed by atoms with Gasteiger partial charge in [-0.1, -0.05) is 31.2 Å². The molecule has 0 radical (unpaired) electrons. The molecular weight excluding hydrogens is 596 g/mol. The van der Waals surface area contributed by atoms with E-state index in [0.29, 0.717) is 42.1 Å². The van der Waals surface area contributed by atoms with Gasteiger partial charge in [-0.3, -0.25) is 14.6 Å². The Kier molecular flexibility index (Phi) is 6.98. The highest BCUT2D eigenvalue weighted by Gasteiger charge is 2.56. The molecule has 10 nitrogen and oxygen atoms in total. The van der Waals surface area contributed by atoms with Gasteiger partial charge in [-0.05, 0) is 75.4 Å². The molecule has 8 rings (SSSR count). The standard InChI is InChI=1S/C37H42N4O6/c1-17-10-21-12-27-37(45)41-26(31(40(27)5)29(21)33(43)19(17)3)13-24-30(35-34(46-16-47-35)20(4)32(24)42)28(41)15-39-36(44)18(2)11-22-14-38-25-9-7-6-8-23(22)25/h6-10,14,18,26-28,31,37-38,42-43,45H,11-13,15-16H2,1-5H3,(H,39,44)/t18-,26?,27-,28-,31-,37-/m0/s1. The molecule has 246 valence electrons. The maximum atomic E-state index is 13.7. The second-order valence-corrected chi connectivity index (χ2v) is 13.9. The van der Waals surface area contributed by atoms with E-state index in [1.807, 2.05) is 59.1 Å². The maximum Gasteiger partial charge on any atom is 0.231 e. The summed E-state index contributed by atoms with van der Waals surface area (Å²) in [5.41, 5.74) is 8.00. The maximum absolute atomic E-state index is 13.7. The molecule has 0 aliphatic carbocycles. The van der Waals surface area contributed by atoms with Gasteiger partial charge < -0.3 is 35.1 Å². The van der Waals surface area contributed by atoms with Crippen LogP contribution in [-0.2, 0) is 24.1 Å². The molecule has 4 aromatic rings. The van der Waals surface area contributed by atoms with Crippen LogP contribution < -0.4 is 14.8 Å². The molecule has 6 atom stereocenters. The van der Waals surface area contributed by atoms with E-state index in [1.165, 1.54) is 0 Å². The minimum atomic E-state index is -0.877. The monoisotopic (exact) mass is 638 g/mol. The topological polar surface area (TPSA) is 131 Å². The number of rotatable bonds is 5. The average Bonchev–Trinajstić information content (AvgIpc) is 3.71. The van der Waals surface area contributed by atoms with Crippen molar-refractivity contribution in [2.75, 3.05) is 20.4 Å². The Hall–Kier alpha value is -4.25. The van der Waals surface area contributed by atoms with Crippen LogP contribution in [0.4, 0.5) is 0 Å². The molecule has 1 saturated heterocycles. The van der Waals surface area contributed by atoms with Crippen molar-refractivity contribution in [3.8, 4) is 23.0 Å². The lowest BCUT2D eigenvalue weighted by Gasteiger charge is -2.60. The van der Waals surface area contributed by atoms with Gasteiger partial charge in [0.2, 0.25) is 12.7 Å². The summed E-state index contributed by atoms with van der Waals surface area (Å²) in [5.74, 6) is 1.10. The summed E-state index contributed by atoms with van der Waals surface area (Å²) < 4.78 is 11.9. The number of hydrogen-bond donors (Lipinski definition) is 5. The molecule has 4 aliphatic heterocycles. The summed E-state index contributed by atoms with van der Waals surface area (Å²) in [4.78, 5) is 21.3. The molecule has 0 saturated carbocycles. The van der Waals surface area contributed by atoms with E-state index in [9.17, 15) is 20.1 Å². The zero-order chi connectivity index (χ0) is 32.9. The summed E-state index contributed by atoms with van der Waals surface area (Å²) >= 11 is 0. The van der Waals surface area contributed by atoms with Gasteiger partial charge in [0.25, 0.3) is 0 Å². The Morgan fingerprint density at radius 3 is 2.62 bits per heavy atom. The Morgan fingerprint density at radius 2 is 1.81 bits per heavy atom. The molecule has 5 N–H and O–H groups in total. The Bertz CT molecular complexity index is 1940. The number of aliphatic hydroxyl groups excluding tert-OH is 1. The third-order valence-corrected chi connectivity index (χ3v) is 11.4. The number of amides is 1. The average molecular weight is 639 g/mol. The third-order valence-electron chi connectivity index (χ3n) is 11.4. The van der Waals surface area contributed by atoms with Gasteiger partial charge in [-0.15, -0.1) is 0 Å². The van der Waals surface area contributed by atoms with Gasteiger partial charge >= 0.3 is 0 Å². The zero-order valence-corrected chi connectivity index (χ0v) is 27.4. The number of phenols is 2. The molecule has 47 heavy (non-hydrogen) atoms. The number of likely N-dealkylation sites (N-methyl/N-ethyl adjacent to an activating group) is 1. The minimum Gasteiger partial charge on any atom is -0.507 e. The third kappa shape index (κ3) is 4.38. The second-order valence-electron chi connectivity index (χ2n) is 13.9. The lowest BCUT2D eigenvalue weighted by Crippen LogP contribution is -2.69. The Labute approximate surface area is 273 Å². The van der Waals surface area contributed by atoms with Crippen LogP contribution in [0.2, 0.25) is 0 Å². The van der Waals surface area contributed by atoms with Gasteiger partial charge in [0.15, 0.2) is 11.5 Å². The van der Waals surface area contributed by atoms with E-state index in [-0.39, 0.29) is 49.0 Å². The highest BCUT2D eigenvalue weighted by atomic mass is 16.7. The predicted molar refractivity (Wildman–Crippen MR) is 177 cm³/mol. The molecule has 4 aliphatic rings. The fourth-order valence-corrected chi connectivity index (χ4v) is 8.81. The number of carbonyl (C=O) groups is 1. The van der Waals surface area contributed by atoms with Gasteiger partial charge in [0, 0.05) is 57.9 Å². The first-order valence-corrected chi connectivity index (χ1v) is 16.5. The van der Waals surface area contributed by atoms with E-state index < -0.39 is 12.3 Å². The number of nitrogens with zero attached hydrogens (tertiary/aromatic N) is 2. The molecule has 1 fully saturated rings. The van der Waals surface area contributed by atoms with Crippen LogP contribution in [0.15, 0.2) is 36.5 Å². The van der Waals surface area contributed by atoms with Crippen LogP contribution in [0.3, 0.4) is 0 Å². The fourth-order valence-electron chi connectivity index (χ4n) is 8.81. The summed E-state index contributed by atoms with van der Waals surface area (Å²) in [6.45, 7) is 7.93. The molecule has 1 aromatic heterocycles. The van der Waals surface area contributed by atoms with Crippen LogP contribution in [0.25, 0.3) is 10.9 Å². The van der Waals surface area contributed by atoms with Gasteiger partial charge in [0.05, 0.1) is 18.1 Å². The molecular formula is C37H42N4O6. The number of aromatic nitrogens is 1. The minimum absolute atomic E-state index is 0.0344. The van der Waals surface area contributed by atoms with E-state index in [4.69, 9.17) is 9.47 Å². The highest BCUT2D eigenvalue weighted by molar-refractivity contribution is 5.85. The SMILES string of the molecule is Cc1cc2c(c(O)c1C)[C@@H]1C3Cc4c(O)c(C)c5c(c4[C@H](CNC(=O)[C@@H](C)Cc4c[nH]c6ccccc46)N3[C@@H](O)[C@H](C2)N1C)OCO5. The number of hydrogen-bond acceptors (Lipinski definition) is 8. The number of carbonyl (C=O) groups excluding carboxylic acids is 1. The number of para-hydroxylation sites is 1. The number of piperazine rings is 1. The number of phenolic OH excluding ortho intramolecular Hbond substituents is 2. The molecule has 1 unspecified atom stereocenters. The lowest BCUT2D eigenvalue weighted by atomic mass is 9.73. The van der Waals surface area contributed by atoms with Crippen molar-refractivity contribution in [1.29, 1.82) is 0 Å². The van der Waals surface area contributed by atoms with Crippen molar-refractivity contribution in [1.82, 2.24) is 20.1 Å². The van der Waals surface area contributed by atoms with Gasteiger partial charge in [0.1, 0.15) is 17.7 Å². The first-order valence-electron chi connectivity index (χ1n) is 16.5. The number of aromatic hydroxyl groups is 2. The van der Waals surface area contributed by atoms with Crippen LogP contribution in [-0.4, -0.2) is 74.7 Å². The first kappa shape index (κ1) is 30.1. The molecule has 5 heterocycles. The number of aryl methyl sites for hydroxylation is 1. The second kappa shape index (κ2) is 10.9. The number of nitrogens with one attached hydrogen (secondary N) is 2. The van der Waals surface area contributed by atoms with Crippen molar-refractivity contribution < 1.29 is 29.6 Å². The molecule has 0 spiro atoms. The summed E-state index contributed by atoms with van der Waals surface area (Å²) in [5, 5.41) is 39.7. The van der Waals surface area contributed by atoms with E-state index in [1.54, 1.807) is 0 Å². The molecule has 3 aromatic carbocycles. The van der Waals surface area contributed by atoms with E-state index in [0.717, 1.165) is 49.8 Å². The van der Waals surface area contributed by atoms with Crippen molar-refractivity contribution in [2.45, 2.75) is 77.4 Å². The Balaban J connectivity index is 1.18. The summed E-state index contributed by atoms with van der Waals surface area (Å²) in [6.07, 6.45) is 2.66. The van der Waals surface area contributed by atoms with Crippen LogP contribution in [0.5, 0.6) is 23.0 Å². The Morgan fingerprint density at radius 1 is 1.04 bits per heavy atom. The first-order chi connectivity index (χ1) is 22.6. The smallest absolute Gasteiger partial charge is 0.231 e. The largest absolute Gasteiger partial charge is 0.507 e. The van der Waals surface area contributed by atoms with Crippen LogP contribution in [0.1, 0.15) is 63.5 Å². The van der Waals surface area contributed by atoms with Gasteiger partial charge in [-0.2, -0.15) is 0 Å². The molecule has 1 amide bonds. The van der Waals surface area contributed by atoms with Crippen molar-refractivity contribution in [2.24, 2.45) is 5.92 Å². The number of aromatic amines is 1. The number of H-pyrrole nitrogens is 1. The van der Waals surface area contributed by atoms with E-state index in [2.05, 4.69) is 32.2 Å². The van der Waals surface area contributed by atoms with Crippen molar-refractivity contribution >= 4 is 16.8 Å². The number of ether oxygens (including phenoxy) is 2. The van der Waals surface area contributed by atoms with Crippen molar-refractivity contribution in [3.63, 3.8) is 0 Å². The quantitative estimate of drug-likeness (QED) is 0.217. The summed E-state index contributed by atoms with van der Waals surface area (Å²) in [6, 6.07) is 8.91.